The first kappa shape index (κ1) is 39.0. The maximum atomic E-state index is 15.0. The van der Waals surface area contributed by atoms with Gasteiger partial charge in [-0.25, -0.2) is 4.79 Å². The first-order valence-corrected chi connectivity index (χ1v) is 20.1. The second kappa shape index (κ2) is 15.7. The highest BCUT2D eigenvalue weighted by molar-refractivity contribution is 6.12. The highest BCUT2D eigenvalue weighted by Gasteiger charge is 2.74. The smallest absolute Gasteiger partial charge is 0.319 e. The molecule has 5 fully saturated rings. The van der Waals surface area contributed by atoms with E-state index in [1.165, 1.54) is 4.90 Å². The number of fused-ring (bicyclic) bond motifs is 2. The molecule has 2 aromatic rings. The van der Waals surface area contributed by atoms with Crippen LogP contribution in [-0.4, -0.2) is 111 Å². The zero-order valence-electron chi connectivity index (χ0n) is 32.6. The molecular formula is C42H53N7O7. The Labute approximate surface area is 327 Å². The molecule has 2 aromatic carbocycles. The third-order valence-corrected chi connectivity index (χ3v) is 12.5. The van der Waals surface area contributed by atoms with Crippen molar-refractivity contribution in [2.45, 2.75) is 108 Å². The first-order valence-electron chi connectivity index (χ1n) is 20.1. The van der Waals surface area contributed by atoms with E-state index in [0.29, 0.717) is 50.9 Å². The zero-order valence-corrected chi connectivity index (χ0v) is 32.6. The van der Waals surface area contributed by atoms with E-state index in [9.17, 15) is 33.6 Å². The topological polar surface area (TPSA) is 177 Å². The van der Waals surface area contributed by atoms with Gasteiger partial charge in [0.25, 0.3) is 0 Å². The number of hydrogen-bond donors (Lipinski definition) is 4. The lowest BCUT2D eigenvalue weighted by Crippen LogP contribution is -2.61. The molecule has 5 aliphatic rings. The van der Waals surface area contributed by atoms with Crippen molar-refractivity contribution >= 4 is 47.0 Å². The number of nitrogens with one attached hydrogen (secondary N) is 4. The Morgan fingerprint density at radius 3 is 2.25 bits per heavy atom. The van der Waals surface area contributed by atoms with E-state index in [0.717, 1.165) is 17.5 Å². The average Bonchev–Trinajstić information content (AvgIpc) is 3.47. The summed E-state index contributed by atoms with van der Waals surface area (Å²) in [7, 11) is 0. The third kappa shape index (κ3) is 7.37. The van der Waals surface area contributed by atoms with Crippen LogP contribution in [0.25, 0.3) is 0 Å². The quantitative estimate of drug-likeness (QED) is 0.349. The molecule has 1 saturated carbocycles. The van der Waals surface area contributed by atoms with Crippen LogP contribution in [0, 0.1) is 24.7 Å². The van der Waals surface area contributed by atoms with Crippen molar-refractivity contribution in [2.24, 2.45) is 17.8 Å². The number of amides is 7. The van der Waals surface area contributed by atoms with Crippen LogP contribution in [0.1, 0.15) is 70.4 Å². The summed E-state index contributed by atoms with van der Waals surface area (Å²) in [6.07, 6.45) is 3.28. The predicted octanol–water partition coefficient (Wildman–Crippen LogP) is 2.55. The third-order valence-electron chi connectivity index (χ3n) is 12.5. The molecule has 14 heteroatoms. The largest absolute Gasteiger partial charge is 0.343 e. The summed E-state index contributed by atoms with van der Waals surface area (Å²) in [5, 5.41) is 11.4. The van der Waals surface area contributed by atoms with Crippen LogP contribution >= 0.6 is 0 Å². The fraction of sp³-hybridized carbons (Fsp3) is 0.548. The Hall–Kier alpha value is -5.27. The van der Waals surface area contributed by atoms with E-state index in [1.54, 1.807) is 35.8 Å². The second-order valence-corrected chi connectivity index (χ2v) is 16.5. The summed E-state index contributed by atoms with van der Waals surface area (Å²) >= 11 is 0. The molecule has 0 radical (unpaired) electrons. The summed E-state index contributed by atoms with van der Waals surface area (Å²) in [6.45, 7) is 8.15. The summed E-state index contributed by atoms with van der Waals surface area (Å²) in [6, 6.07) is 10.8. The fourth-order valence-electron chi connectivity index (χ4n) is 9.64. The summed E-state index contributed by atoms with van der Waals surface area (Å²) < 4.78 is 0. The van der Waals surface area contributed by atoms with Crippen LogP contribution in [0.4, 0.5) is 10.5 Å². The van der Waals surface area contributed by atoms with Crippen molar-refractivity contribution in [3.05, 3.63) is 65.7 Å². The molecule has 0 aromatic heterocycles. The van der Waals surface area contributed by atoms with Crippen LogP contribution in [0.3, 0.4) is 0 Å². The number of aryl methyl sites for hydroxylation is 1. The number of carbonyl (C=O) groups excluding carboxylic acids is 7. The Kier molecular flexibility index (Phi) is 10.9. The van der Waals surface area contributed by atoms with Gasteiger partial charge in [-0.1, -0.05) is 61.9 Å². The van der Waals surface area contributed by atoms with Gasteiger partial charge in [0.15, 0.2) is 5.78 Å². The van der Waals surface area contributed by atoms with E-state index in [1.807, 2.05) is 56.3 Å². The molecule has 0 bridgehead atoms. The van der Waals surface area contributed by atoms with E-state index < -0.39 is 77.2 Å². The van der Waals surface area contributed by atoms with Gasteiger partial charge in [0.05, 0.1) is 5.92 Å². The monoisotopic (exact) mass is 767 g/mol. The van der Waals surface area contributed by atoms with E-state index in [-0.39, 0.29) is 30.6 Å². The zero-order chi connectivity index (χ0) is 39.9. The Bertz CT molecular complexity index is 1890. The van der Waals surface area contributed by atoms with Crippen molar-refractivity contribution in [1.29, 1.82) is 0 Å². The van der Waals surface area contributed by atoms with Gasteiger partial charge in [-0.05, 0) is 81.9 Å². The molecule has 7 amide bonds. The van der Waals surface area contributed by atoms with E-state index >= 15 is 0 Å². The normalized spacial score (nSPS) is 31.2. The number of Topliss-reactive ketones (excluding diaryl/α,β-unsaturated/α-hetero) is 1. The van der Waals surface area contributed by atoms with Gasteiger partial charge < -0.3 is 36.0 Å². The van der Waals surface area contributed by atoms with Gasteiger partial charge in [0.2, 0.25) is 29.5 Å². The van der Waals surface area contributed by atoms with Gasteiger partial charge in [-0.15, -0.1) is 0 Å². The molecule has 7 rings (SSSR count). The highest BCUT2D eigenvalue weighted by atomic mass is 16.2. The Morgan fingerprint density at radius 2 is 1.52 bits per heavy atom. The molecule has 4 N–H and O–H groups in total. The Balaban J connectivity index is 1.24. The molecule has 298 valence electrons. The Morgan fingerprint density at radius 1 is 0.839 bits per heavy atom. The van der Waals surface area contributed by atoms with Crippen molar-refractivity contribution < 1.29 is 33.6 Å². The summed E-state index contributed by atoms with van der Waals surface area (Å²) in [5.41, 5.74) is 1.13. The maximum Gasteiger partial charge on any atom is 0.319 e. The number of nitrogens with zero attached hydrogens (tertiary/aromatic N) is 3. The second-order valence-electron chi connectivity index (χ2n) is 16.5. The van der Waals surface area contributed by atoms with Crippen LogP contribution < -0.4 is 21.3 Å². The molecular weight excluding hydrogens is 715 g/mol. The molecule has 4 saturated heterocycles. The highest BCUT2D eigenvalue weighted by Crippen LogP contribution is 2.57. The number of benzene rings is 2. The lowest BCUT2D eigenvalue weighted by molar-refractivity contribution is -0.151. The van der Waals surface area contributed by atoms with Crippen LogP contribution in [0.2, 0.25) is 0 Å². The number of piperidine rings is 1. The minimum Gasteiger partial charge on any atom is -0.343 e. The van der Waals surface area contributed by atoms with E-state index in [2.05, 4.69) is 21.3 Å². The van der Waals surface area contributed by atoms with Gasteiger partial charge >= 0.3 is 6.03 Å². The fourth-order valence-corrected chi connectivity index (χ4v) is 9.64. The molecule has 9 atom stereocenters. The molecule has 1 spiro atoms. The molecule has 0 unspecified atom stereocenters. The van der Waals surface area contributed by atoms with Crippen molar-refractivity contribution in [2.75, 3.05) is 25.0 Å². The summed E-state index contributed by atoms with van der Waals surface area (Å²) in [4.78, 5) is 104. The predicted molar refractivity (Wildman–Crippen MR) is 207 cm³/mol. The molecule has 56 heavy (non-hydrogen) atoms. The maximum absolute atomic E-state index is 15.0. The lowest BCUT2D eigenvalue weighted by atomic mass is 9.90. The standard InChI is InChI=1S/C42H53N7O7/c1-24-15-17-29(18-16-24)44-41(56)45-30(21-28-11-6-5-7-12-28)36(51)46-34-26(3)33-35(50)42(33)22-25(2)23-49(42)38(53)27(4)43-37(52)31-13-8-9-19-47(31)39(54)32-14-10-20-48(32)40(34)55/h5-7,11-12,15-18,25-27,30-34H,8-10,13-14,19-23H2,1-4H3,(H,43,52)(H,46,51)(H2,44,45,56)/t25-,26-,27+,30+,31+,32+,33+,34+,42-/m1/s1. The minimum atomic E-state index is -1.27. The van der Waals surface area contributed by atoms with Crippen LogP contribution in [0.15, 0.2) is 54.6 Å². The lowest BCUT2D eigenvalue weighted by Gasteiger charge is -2.39. The number of carbonyl (C=O) groups is 7. The first-order chi connectivity index (χ1) is 26.8. The molecule has 14 nitrogen and oxygen atoms in total. The van der Waals surface area contributed by atoms with Crippen molar-refractivity contribution in [1.82, 2.24) is 30.7 Å². The molecule has 4 heterocycles. The summed E-state index contributed by atoms with van der Waals surface area (Å²) in [5.74, 6) is -4.08. The average molecular weight is 768 g/mol. The van der Waals surface area contributed by atoms with Gasteiger partial charge in [0, 0.05) is 31.7 Å². The van der Waals surface area contributed by atoms with Crippen molar-refractivity contribution in [3.8, 4) is 0 Å². The number of ketones is 1. The molecule has 4 aliphatic heterocycles. The SMILES string of the molecule is Cc1ccc(NC(=O)N[C@@H](Cc2ccccc2)C(=O)N[C@@H]2C(=O)N3CCC[C@H]3C(=O)N3CCCC[C@H]3C(=O)N[C@@H](C)C(=O)N3C[C@H](C)C[C@@]34C(=O)[C@@H]4[C@H]2C)cc1. The number of hydrogen-bond acceptors (Lipinski definition) is 7. The van der Waals surface area contributed by atoms with Gasteiger partial charge in [0.1, 0.15) is 35.7 Å². The van der Waals surface area contributed by atoms with Crippen molar-refractivity contribution in [3.63, 3.8) is 0 Å². The van der Waals surface area contributed by atoms with Crippen LogP contribution in [0.5, 0.6) is 0 Å². The van der Waals surface area contributed by atoms with Gasteiger partial charge in [-0.2, -0.15) is 0 Å². The number of rotatable bonds is 6. The van der Waals surface area contributed by atoms with Gasteiger partial charge in [-0.3, -0.25) is 28.8 Å². The molecule has 1 aliphatic carbocycles. The van der Waals surface area contributed by atoms with Crippen LogP contribution in [-0.2, 0) is 35.2 Å². The minimum absolute atomic E-state index is 0.0217. The number of urea groups is 1. The number of anilines is 1. The van der Waals surface area contributed by atoms with E-state index in [4.69, 9.17) is 0 Å².